The van der Waals surface area contributed by atoms with E-state index in [1.54, 1.807) is 12.1 Å². The number of amides is 1. The van der Waals surface area contributed by atoms with Crippen molar-refractivity contribution in [1.82, 2.24) is 14.9 Å². The van der Waals surface area contributed by atoms with Gasteiger partial charge in [-0.2, -0.15) is 5.26 Å². The van der Waals surface area contributed by atoms with Crippen LogP contribution in [-0.2, 0) is 0 Å². The molecule has 0 fully saturated rings. The lowest BCUT2D eigenvalue weighted by molar-refractivity contribution is 0.0927. The minimum Gasteiger partial charge on any atom is -0.457 e. The molecule has 0 aliphatic carbocycles. The fourth-order valence-corrected chi connectivity index (χ4v) is 4.54. The van der Waals surface area contributed by atoms with E-state index in [0.717, 1.165) is 35.7 Å². The first-order chi connectivity index (χ1) is 16.6. The first-order valence-corrected chi connectivity index (χ1v) is 11.3. The number of imidazole rings is 1. The van der Waals surface area contributed by atoms with Gasteiger partial charge in [0.1, 0.15) is 17.3 Å². The number of carbonyl (C=O) groups excluding carboxylic acids is 1. The fraction of sp³-hybridized carbons (Fsp3) is 0.179. The molecule has 34 heavy (non-hydrogen) atoms. The summed E-state index contributed by atoms with van der Waals surface area (Å²) in [6.07, 6.45) is 3.50. The molecule has 6 heteroatoms. The maximum atomic E-state index is 13.1. The summed E-state index contributed by atoms with van der Waals surface area (Å²) in [5, 5.41) is 12.3. The van der Waals surface area contributed by atoms with E-state index in [9.17, 15) is 4.79 Å². The van der Waals surface area contributed by atoms with Crippen molar-refractivity contribution in [2.24, 2.45) is 0 Å². The molecule has 1 amide bonds. The highest BCUT2D eigenvalue weighted by Crippen LogP contribution is 2.37. The number of aromatic nitrogens is 2. The number of rotatable bonds is 5. The number of nitrogens with one attached hydrogen (secondary N) is 1. The lowest BCUT2D eigenvalue weighted by Gasteiger charge is -2.33. The second kappa shape index (κ2) is 9.24. The predicted molar refractivity (Wildman–Crippen MR) is 129 cm³/mol. The number of hydrogen-bond acceptors (Lipinski definition) is 4. The number of para-hydroxylation sites is 1. The molecule has 2 unspecified atom stereocenters. The van der Waals surface area contributed by atoms with Gasteiger partial charge in [0.2, 0.25) is 0 Å². The Morgan fingerprint density at radius 1 is 1.03 bits per heavy atom. The van der Waals surface area contributed by atoms with E-state index in [1.807, 2.05) is 79.9 Å². The molecule has 0 radical (unpaired) electrons. The van der Waals surface area contributed by atoms with Crippen molar-refractivity contribution in [1.29, 1.82) is 5.26 Å². The van der Waals surface area contributed by atoms with Crippen LogP contribution in [0.5, 0.6) is 11.5 Å². The van der Waals surface area contributed by atoms with Gasteiger partial charge in [-0.05, 0) is 67.8 Å². The molecule has 0 saturated heterocycles. The van der Waals surface area contributed by atoms with Crippen molar-refractivity contribution in [3.63, 3.8) is 0 Å². The fourth-order valence-electron chi connectivity index (χ4n) is 4.54. The number of aryl methyl sites for hydroxylation is 1. The monoisotopic (exact) mass is 448 g/mol. The van der Waals surface area contributed by atoms with Crippen molar-refractivity contribution < 1.29 is 9.53 Å². The molecular formula is C28H24N4O2. The normalized spacial score (nSPS) is 16.8. The van der Waals surface area contributed by atoms with Gasteiger partial charge in [-0.3, -0.25) is 4.79 Å². The minimum atomic E-state index is -0.147. The molecule has 0 bridgehead atoms. The predicted octanol–water partition coefficient (Wildman–Crippen LogP) is 5.71. The second-order valence-electron chi connectivity index (χ2n) is 8.40. The largest absolute Gasteiger partial charge is 0.457 e. The van der Waals surface area contributed by atoms with Crippen LogP contribution in [0.25, 0.3) is 0 Å². The molecule has 2 heterocycles. The zero-order chi connectivity index (χ0) is 23.5. The lowest BCUT2D eigenvalue weighted by atomic mass is 9.92. The summed E-state index contributed by atoms with van der Waals surface area (Å²) >= 11 is 0. The van der Waals surface area contributed by atoms with Gasteiger partial charge in [0.15, 0.2) is 0 Å². The Morgan fingerprint density at radius 2 is 1.79 bits per heavy atom. The van der Waals surface area contributed by atoms with Crippen molar-refractivity contribution in [3.8, 4) is 17.6 Å². The molecule has 5 rings (SSSR count). The van der Waals surface area contributed by atoms with E-state index < -0.39 is 0 Å². The van der Waals surface area contributed by atoms with Gasteiger partial charge in [-0.1, -0.05) is 36.4 Å². The van der Waals surface area contributed by atoms with Crippen LogP contribution in [0.4, 0.5) is 0 Å². The summed E-state index contributed by atoms with van der Waals surface area (Å²) in [7, 11) is 0. The molecule has 4 aromatic rings. The average Bonchev–Trinajstić information content (AvgIpc) is 3.27. The third-order valence-corrected chi connectivity index (χ3v) is 6.21. The maximum absolute atomic E-state index is 13.1. The van der Waals surface area contributed by atoms with Gasteiger partial charge in [0.05, 0.1) is 35.6 Å². The van der Waals surface area contributed by atoms with Crippen LogP contribution in [0.2, 0.25) is 0 Å². The summed E-state index contributed by atoms with van der Waals surface area (Å²) in [4.78, 5) is 17.7. The SMILES string of the molecule is Cc1ncc2n1C(c1ccc(C#N)cc1)CCC2NC(=O)c1cccc(Oc2ccccc2)c1. The standard InChI is InChI=1S/C28H24N4O2/c1-19-30-18-27-25(14-15-26(32(19)27)21-12-10-20(17-29)11-13-21)31-28(33)22-6-5-9-24(16-22)34-23-7-3-2-4-8-23/h2-13,16,18,25-26H,14-15H2,1H3,(H,31,33). The van der Waals surface area contributed by atoms with E-state index in [1.165, 1.54) is 0 Å². The molecule has 168 valence electrons. The zero-order valence-corrected chi connectivity index (χ0v) is 18.8. The summed E-state index contributed by atoms with van der Waals surface area (Å²) in [6, 6.07) is 26.6. The van der Waals surface area contributed by atoms with Gasteiger partial charge >= 0.3 is 0 Å². The Balaban J connectivity index is 1.35. The number of nitriles is 1. The van der Waals surface area contributed by atoms with E-state index >= 15 is 0 Å². The Labute approximate surface area is 198 Å². The minimum absolute atomic E-state index is 0.126. The smallest absolute Gasteiger partial charge is 0.251 e. The lowest BCUT2D eigenvalue weighted by Crippen LogP contribution is -2.34. The summed E-state index contributed by atoms with van der Waals surface area (Å²) in [5.41, 5.74) is 3.32. The molecule has 3 aromatic carbocycles. The topological polar surface area (TPSA) is 79.9 Å². The molecule has 2 atom stereocenters. The van der Waals surface area contributed by atoms with E-state index in [-0.39, 0.29) is 18.0 Å². The van der Waals surface area contributed by atoms with Crippen LogP contribution in [0.3, 0.4) is 0 Å². The van der Waals surface area contributed by atoms with Crippen LogP contribution >= 0.6 is 0 Å². The van der Waals surface area contributed by atoms with Gasteiger partial charge < -0.3 is 14.6 Å². The number of fused-ring (bicyclic) bond motifs is 1. The van der Waals surface area contributed by atoms with Gasteiger partial charge in [0.25, 0.3) is 5.91 Å². The zero-order valence-electron chi connectivity index (χ0n) is 18.8. The molecule has 1 N–H and O–H groups in total. The van der Waals surface area contributed by atoms with Crippen LogP contribution < -0.4 is 10.1 Å². The molecule has 1 aromatic heterocycles. The summed E-state index contributed by atoms with van der Waals surface area (Å²) < 4.78 is 8.08. The first kappa shape index (κ1) is 21.5. The number of benzene rings is 3. The third-order valence-electron chi connectivity index (χ3n) is 6.21. The Hall–Kier alpha value is -4.37. The maximum Gasteiger partial charge on any atom is 0.251 e. The van der Waals surface area contributed by atoms with Crippen molar-refractivity contribution in [3.05, 3.63) is 113 Å². The van der Waals surface area contributed by atoms with Crippen LogP contribution in [0.1, 0.15) is 57.9 Å². The molecular weight excluding hydrogens is 424 g/mol. The van der Waals surface area contributed by atoms with Gasteiger partial charge in [-0.15, -0.1) is 0 Å². The molecule has 0 spiro atoms. The van der Waals surface area contributed by atoms with Gasteiger partial charge in [0, 0.05) is 5.56 Å². The van der Waals surface area contributed by atoms with Crippen molar-refractivity contribution >= 4 is 5.91 Å². The summed E-state index contributed by atoms with van der Waals surface area (Å²) in [5.74, 6) is 2.09. The Bertz CT molecular complexity index is 1350. The number of nitrogens with zero attached hydrogens (tertiary/aromatic N) is 3. The Kier molecular flexibility index (Phi) is 5.84. The number of ether oxygens (including phenoxy) is 1. The van der Waals surface area contributed by atoms with E-state index in [2.05, 4.69) is 20.9 Å². The van der Waals surface area contributed by atoms with Crippen molar-refractivity contribution in [2.45, 2.75) is 31.8 Å². The van der Waals surface area contributed by atoms with Gasteiger partial charge in [-0.25, -0.2) is 4.98 Å². The van der Waals surface area contributed by atoms with Crippen molar-refractivity contribution in [2.75, 3.05) is 0 Å². The second-order valence-corrected chi connectivity index (χ2v) is 8.40. The molecule has 1 aliphatic heterocycles. The number of carbonyl (C=O) groups is 1. The average molecular weight is 449 g/mol. The third kappa shape index (κ3) is 4.28. The highest BCUT2D eigenvalue weighted by molar-refractivity contribution is 5.94. The summed E-state index contributed by atoms with van der Waals surface area (Å²) in [6.45, 7) is 1.98. The Morgan fingerprint density at radius 3 is 2.56 bits per heavy atom. The van der Waals surface area contributed by atoms with Crippen LogP contribution in [0.15, 0.2) is 85.1 Å². The highest BCUT2D eigenvalue weighted by Gasteiger charge is 2.31. The highest BCUT2D eigenvalue weighted by atomic mass is 16.5. The van der Waals surface area contributed by atoms with Crippen LogP contribution in [0, 0.1) is 18.3 Å². The molecule has 1 aliphatic rings. The number of hydrogen-bond donors (Lipinski definition) is 1. The van der Waals surface area contributed by atoms with E-state index in [4.69, 9.17) is 10.00 Å². The van der Waals surface area contributed by atoms with E-state index in [0.29, 0.717) is 16.9 Å². The molecule has 0 saturated carbocycles. The van der Waals surface area contributed by atoms with Crippen LogP contribution in [-0.4, -0.2) is 15.5 Å². The first-order valence-electron chi connectivity index (χ1n) is 11.3. The molecule has 6 nitrogen and oxygen atoms in total. The quantitative estimate of drug-likeness (QED) is 0.424.